The molecule has 0 bridgehead atoms. The Morgan fingerprint density at radius 3 is 2.62 bits per heavy atom. The summed E-state index contributed by atoms with van der Waals surface area (Å²) >= 11 is 0. The van der Waals surface area contributed by atoms with E-state index < -0.39 is 16.0 Å². The second-order valence-corrected chi connectivity index (χ2v) is 6.55. The first-order valence-corrected chi connectivity index (χ1v) is 8.70. The number of aryl methyl sites for hydroxylation is 1. The summed E-state index contributed by atoms with van der Waals surface area (Å²) < 4.78 is 37.3. The number of benzene rings is 1. The van der Waals surface area contributed by atoms with Crippen molar-refractivity contribution in [3.63, 3.8) is 0 Å². The summed E-state index contributed by atoms with van der Waals surface area (Å²) in [5.74, 6) is -0.192. The molecule has 0 saturated carbocycles. The lowest BCUT2D eigenvalue weighted by atomic mass is 10.2. The van der Waals surface area contributed by atoms with Gasteiger partial charge in [-0.05, 0) is 12.5 Å². The van der Waals surface area contributed by atoms with Gasteiger partial charge >= 0.3 is 5.97 Å². The summed E-state index contributed by atoms with van der Waals surface area (Å²) in [6.07, 6.45) is 0.416. The SMILES string of the molecule is CCc1[nH]nc(S(=O)(=O)NCc2ccccc2OC)c1C(=O)OC. The van der Waals surface area contributed by atoms with Gasteiger partial charge in [0.1, 0.15) is 11.3 Å². The minimum Gasteiger partial charge on any atom is -0.496 e. The molecule has 2 N–H and O–H groups in total. The Bertz CT molecular complexity index is 829. The van der Waals surface area contributed by atoms with Gasteiger partial charge in [-0.15, -0.1) is 0 Å². The second kappa shape index (κ2) is 7.45. The Balaban J connectivity index is 2.31. The molecule has 1 aromatic heterocycles. The molecule has 0 atom stereocenters. The quantitative estimate of drug-likeness (QED) is 0.725. The first-order chi connectivity index (χ1) is 11.4. The van der Waals surface area contributed by atoms with Crippen molar-refractivity contribution in [3.05, 3.63) is 41.1 Å². The molecule has 0 fully saturated rings. The Kier molecular flexibility index (Phi) is 5.58. The highest BCUT2D eigenvalue weighted by atomic mass is 32.2. The Morgan fingerprint density at radius 1 is 1.29 bits per heavy atom. The summed E-state index contributed by atoms with van der Waals surface area (Å²) in [6.45, 7) is 1.78. The third kappa shape index (κ3) is 3.57. The van der Waals surface area contributed by atoms with E-state index in [-0.39, 0.29) is 17.1 Å². The summed E-state index contributed by atoms with van der Waals surface area (Å²) in [6, 6.07) is 7.03. The highest BCUT2D eigenvalue weighted by Gasteiger charge is 2.29. The molecule has 0 aliphatic heterocycles. The number of hydrogen-bond donors (Lipinski definition) is 2. The molecule has 0 aliphatic rings. The van der Waals surface area contributed by atoms with E-state index in [9.17, 15) is 13.2 Å². The van der Waals surface area contributed by atoms with E-state index in [1.54, 1.807) is 31.2 Å². The van der Waals surface area contributed by atoms with E-state index in [4.69, 9.17) is 4.74 Å². The molecule has 0 spiro atoms. The van der Waals surface area contributed by atoms with Crippen LogP contribution >= 0.6 is 0 Å². The van der Waals surface area contributed by atoms with E-state index in [1.165, 1.54) is 14.2 Å². The number of H-pyrrole nitrogens is 1. The summed E-state index contributed by atoms with van der Waals surface area (Å²) in [5, 5.41) is 5.97. The zero-order valence-electron chi connectivity index (χ0n) is 13.6. The van der Waals surface area contributed by atoms with Crippen LogP contribution in [-0.2, 0) is 27.7 Å². The molecule has 0 saturated heterocycles. The van der Waals surface area contributed by atoms with Gasteiger partial charge < -0.3 is 9.47 Å². The second-order valence-electron chi connectivity index (χ2n) is 4.86. The van der Waals surface area contributed by atoms with Crippen molar-refractivity contribution in [1.29, 1.82) is 0 Å². The van der Waals surface area contributed by atoms with Gasteiger partial charge in [0.25, 0.3) is 10.0 Å². The van der Waals surface area contributed by atoms with Crippen molar-refractivity contribution < 1.29 is 22.7 Å². The number of carbonyl (C=O) groups is 1. The van der Waals surface area contributed by atoms with Crippen LogP contribution in [0, 0.1) is 0 Å². The number of carbonyl (C=O) groups excluding carboxylic acids is 1. The van der Waals surface area contributed by atoms with Gasteiger partial charge in [-0.25, -0.2) is 17.9 Å². The van der Waals surface area contributed by atoms with Gasteiger partial charge in [0.05, 0.1) is 19.9 Å². The largest absolute Gasteiger partial charge is 0.496 e. The highest BCUT2D eigenvalue weighted by Crippen LogP contribution is 2.21. The normalized spacial score (nSPS) is 11.3. The Labute approximate surface area is 140 Å². The number of methoxy groups -OCH3 is 2. The molecule has 1 aromatic carbocycles. The molecule has 2 aromatic rings. The molecular weight excluding hydrogens is 334 g/mol. The lowest BCUT2D eigenvalue weighted by Crippen LogP contribution is -2.26. The fourth-order valence-electron chi connectivity index (χ4n) is 2.21. The van der Waals surface area contributed by atoms with Crippen LogP contribution in [0.2, 0.25) is 0 Å². The minimum atomic E-state index is -4.01. The van der Waals surface area contributed by atoms with Gasteiger partial charge in [-0.2, -0.15) is 5.10 Å². The molecule has 9 heteroatoms. The van der Waals surface area contributed by atoms with E-state index in [2.05, 4.69) is 19.7 Å². The zero-order valence-corrected chi connectivity index (χ0v) is 14.4. The fourth-order valence-corrected chi connectivity index (χ4v) is 3.34. The van der Waals surface area contributed by atoms with Crippen LogP contribution in [0.1, 0.15) is 28.5 Å². The molecule has 2 rings (SSSR count). The monoisotopic (exact) mass is 353 g/mol. The number of sulfonamides is 1. The lowest BCUT2D eigenvalue weighted by Gasteiger charge is -2.10. The number of ether oxygens (including phenoxy) is 2. The average Bonchev–Trinajstić information content (AvgIpc) is 3.04. The number of aromatic nitrogens is 2. The van der Waals surface area contributed by atoms with Crippen molar-refractivity contribution in [2.75, 3.05) is 14.2 Å². The number of nitrogens with zero attached hydrogens (tertiary/aromatic N) is 1. The third-order valence-electron chi connectivity index (χ3n) is 3.45. The van der Waals surface area contributed by atoms with Crippen LogP contribution in [0.5, 0.6) is 5.75 Å². The van der Waals surface area contributed by atoms with Crippen LogP contribution < -0.4 is 9.46 Å². The predicted molar refractivity (Wildman–Crippen MR) is 86.3 cm³/mol. The maximum atomic E-state index is 12.5. The van der Waals surface area contributed by atoms with E-state index in [1.807, 2.05) is 0 Å². The summed E-state index contributed by atoms with van der Waals surface area (Å²) in [7, 11) is -1.32. The maximum absolute atomic E-state index is 12.5. The van der Waals surface area contributed by atoms with Gasteiger partial charge in [0.15, 0.2) is 0 Å². The third-order valence-corrected chi connectivity index (χ3v) is 4.78. The van der Waals surface area contributed by atoms with Gasteiger partial charge in [-0.3, -0.25) is 5.10 Å². The van der Waals surface area contributed by atoms with Crippen molar-refractivity contribution >= 4 is 16.0 Å². The van der Waals surface area contributed by atoms with Gasteiger partial charge in [-0.1, -0.05) is 25.1 Å². The maximum Gasteiger partial charge on any atom is 0.342 e. The Morgan fingerprint density at radius 2 is 2.00 bits per heavy atom. The number of aromatic amines is 1. The highest BCUT2D eigenvalue weighted by molar-refractivity contribution is 7.89. The topological polar surface area (TPSA) is 110 Å². The zero-order chi connectivity index (χ0) is 17.7. The molecule has 0 amide bonds. The molecule has 24 heavy (non-hydrogen) atoms. The van der Waals surface area contributed by atoms with Gasteiger partial charge in [0.2, 0.25) is 5.03 Å². The van der Waals surface area contributed by atoms with E-state index >= 15 is 0 Å². The molecular formula is C15H19N3O5S. The summed E-state index contributed by atoms with van der Waals surface area (Å²) in [4.78, 5) is 11.9. The Hall–Kier alpha value is -2.39. The first-order valence-electron chi connectivity index (χ1n) is 7.21. The lowest BCUT2D eigenvalue weighted by molar-refractivity contribution is 0.0595. The van der Waals surface area contributed by atoms with Crippen LogP contribution in [-0.4, -0.2) is 38.8 Å². The van der Waals surface area contributed by atoms with Crippen LogP contribution in [0.15, 0.2) is 29.3 Å². The van der Waals surface area contributed by atoms with Crippen molar-refractivity contribution in [3.8, 4) is 5.75 Å². The van der Waals surface area contributed by atoms with Crippen LogP contribution in [0.3, 0.4) is 0 Å². The number of para-hydroxylation sites is 1. The van der Waals surface area contributed by atoms with Crippen LogP contribution in [0.25, 0.3) is 0 Å². The number of esters is 1. The van der Waals surface area contributed by atoms with Crippen LogP contribution in [0.4, 0.5) is 0 Å². The molecule has 130 valence electrons. The number of hydrogen-bond acceptors (Lipinski definition) is 6. The smallest absolute Gasteiger partial charge is 0.342 e. The van der Waals surface area contributed by atoms with Crippen molar-refractivity contribution in [1.82, 2.24) is 14.9 Å². The molecule has 0 radical (unpaired) electrons. The van der Waals surface area contributed by atoms with E-state index in [0.29, 0.717) is 23.4 Å². The molecule has 0 unspecified atom stereocenters. The standard InChI is InChI=1S/C15H19N3O5S/c1-4-11-13(15(19)23-3)14(18-17-11)24(20,21)16-9-10-7-5-6-8-12(10)22-2/h5-8,16H,4,9H2,1-3H3,(H,17,18). The number of rotatable bonds is 7. The van der Waals surface area contributed by atoms with Crippen molar-refractivity contribution in [2.24, 2.45) is 0 Å². The average molecular weight is 353 g/mol. The fraction of sp³-hybridized carbons (Fsp3) is 0.333. The summed E-state index contributed by atoms with van der Waals surface area (Å²) in [5.41, 5.74) is 0.987. The molecule has 8 nitrogen and oxygen atoms in total. The predicted octanol–water partition coefficient (Wildman–Crippen LogP) is 1.25. The van der Waals surface area contributed by atoms with Crippen molar-refractivity contribution in [2.45, 2.75) is 24.9 Å². The number of nitrogens with one attached hydrogen (secondary N) is 2. The van der Waals surface area contributed by atoms with E-state index in [0.717, 1.165) is 0 Å². The molecule has 1 heterocycles. The van der Waals surface area contributed by atoms with Gasteiger partial charge in [0, 0.05) is 12.1 Å². The molecule has 0 aliphatic carbocycles. The first kappa shape index (κ1) is 18.0. The minimum absolute atomic E-state index is 0.00127.